The Bertz CT molecular complexity index is 483. The molecule has 1 rings (SSSR count). The highest BCUT2D eigenvalue weighted by Crippen LogP contribution is 2.12. The summed E-state index contributed by atoms with van der Waals surface area (Å²) in [6.45, 7) is 3.24. The molecular formula is C14H25NO4S3. The van der Waals surface area contributed by atoms with E-state index in [9.17, 15) is 0 Å². The summed E-state index contributed by atoms with van der Waals surface area (Å²) in [5, 5.41) is 3.44. The summed E-state index contributed by atoms with van der Waals surface area (Å²) >= 11 is 7.71. The lowest BCUT2D eigenvalue weighted by molar-refractivity contribution is 0.414. The Balaban J connectivity index is 0.000000763. The van der Waals surface area contributed by atoms with Crippen LogP contribution in [0.15, 0.2) is 24.3 Å². The summed E-state index contributed by atoms with van der Waals surface area (Å²) in [4.78, 5) is 0. The van der Waals surface area contributed by atoms with Gasteiger partial charge in [-0.25, -0.2) is 0 Å². The van der Waals surface area contributed by atoms with Crippen LogP contribution in [0.5, 0.6) is 5.75 Å². The Labute approximate surface area is 143 Å². The van der Waals surface area contributed by atoms with Gasteiger partial charge in [0, 0.05) is 23.0 Å². The van der Waals surface area contributed by atoms with Crippen molar-refractivity contribution >= 4 is 32.9 Å². The van der Waals surface area contributed by atoms with Gasteiger partial charge in [0.2, 0.25) is 0 Å². The van der Waals surface area contributed by atoms with E-state index < -0.39 is 9.05 Å². The molecule has 1 aromatic carbocycles. The minimum absolute atomic E-state index is 0.513. The standard InChI is InChI=1S/C14H23NOS.H2O3S2/c1-12(11-17)15-10-4-3-5-13-6-8-14(16-2)9-7-13;1-5(2,3)4/h6-9,12,15,17H,3-5,10-11H2,1-2H3;(H2,1,2,3,4). The van der Waals surface area contributed by atoms with E-state index in [1.165, 1.54) is 18.4 Å². The van der Waals surface area contributed by atoms with Gasteiger partial charge in [-0.05, 0) is 50.4 Å². The molecule has 0 radical (unpaired) electrons. The van der Waals surface area contributed by atoms with Crippen molar-refractivity contribution in [2.75, 3.05) is 19.4 Å². The van der Waals surface area contributed by atoms with E-state index in [1.807, 2.05) is 12.1 Å². The maximum atomic E-state index is 9.11. The molecule has 0 saturated heterocycles. The fourth-order valence-electron chi connectivity index (χ4n) is 1.66. The number of rotatable bonds is 8. The minimum Gasteiger partial charge on any atom is -0.497 e. The molecule has 0 spiro atoms. The highest BCUT2D eigenvalue weighted by atomic mass is 32.9. The molecule has 0 aliphatic carbocycles. The molecule has 128 valence electrons. The lowest BCUT2D eigenvalue weighted by Crippen LogP contribution is -2.28. The van der Waals surface area contributed by atoms with E-state index >= 15 is 0 Å². The molecule has 22 heavy (non-hydrogen) atoms. The van der Waals surface area contributed by atoms with Gasteiger partial charge in [0.25, 0.3) is 9.05 Å². The Hall–Kier alpha value is -0.380. The zero-order valence-electron chi connectivity index (χ0n) is 12.9. The normalized spacial score (nSPS) is 12.2. The highest BCUT2D eigenvalue weighted by molar-refractivity contribution is 8.26. The van der Waals surface area contributed by atoms with Crippen molar-refractivity contribution < 1.29 is 18.1 Å². The quantitative estimate of drug-likeness (QED) is 0.418. The van der Waals surface area contributed by atoms with E-state index in [2.05, 4.69) is 48.2 Å². The molecule has 0 fully saturated rings. The molecule has 1 atom stereocenters. The maximum Gasteiger partial charge on any atom is 0.263 e. The van der Waals surface area contributed by atoms with Crippen molar-refractivity contribution in [3.8, 4) is 5.75 Å². The largest absolute Gasteiger partial charge is 0.497 e. The molecule has 0 saturated carbocycles. The summed E-state index contributed by atoms with van der Waals surface area (Å²) in [5.41, 5.74) is 1.38. The van der Waals surface area contributed by atoms with Crippen LogP contribution in [0.2, 0.25) is 0 Å². The van der Waals surface area contributed by atoms with Crippen LogP contribution in [0.4, 0.5) is 0 Å². The molecule has 0 aliphatic rings. The van der Waals surface area contributed by atoms with Crippen LogP contribution in [-0.2, 0) is 26.7 Å². The number of thiol groups is 1. The highest BCUT2D eigenvalue weighted by Gasteiger charge is 1.98. The summed E-state index contributed by atoms with van der Waals surface area (Å²) in [6.07, 6.45) is 3.57. The summed E-state index contributed by atoms with van der Waals surface area (Å²) < 4.78 is 29.1. The van der Waals surface area contributed by atoms with E-state index in [1.54, 1.807) is 7.11 Å². The van der Waals surface area contributed by atoms with Crippen molar-refractivity contribution in [1.29, 1.82) is 0 Å². The number of hydrogen-bond donors (Lipinski definition) is 4. The molecular weight excluding hydrogens is 342 g/mol. The monoisotopic (exact) mass is 367 g/mol. The SMILES string of the molecule is COc1ccc(CCCCNC(C)CS)cc1.O=S(O)(O)=S. The molecule has 0 heterocycles. The smallest absolute Gasteiger partial charge is 0.263 e. The molecule has 0 amide bonds. The number of aryl methyl sites for hydroxylation is 1. The van der Waals surface area contributed by atoms with Crippen LogP contribution >= 0.6 is 12.6 Å². The van der Waals surface area contributed by atoms with Crippen molar-refractivity contribution in [2.24, 2.45) is 0 Å². The van der Waals surface area contributed by atoms with Crippen LogP contribution < -0.4 is 10.1 Å². The number of methoxy groups -OCH3 is 1. The van der Waals surface area contributed by atoms with Crippen LogP contribution in [0, 0.1) is 0 Å². The number of nitrogens with one attached hydrogen (secondary N) is 1. The van der Waals surface area contributed by atoms with E-state index in [4.69, 9.17) is 18.1 Å². The van der Waals surface area contributed by atoms with Crippen LogP contribution in [0.25, 0.3) is 0 Å². The molecule has 8 heteroatoms. The van der Waals surface area contributed by atoms with E-state index in [0.717, 1.165) is 24.5 Å². The Morgan fingerprint density at radius 1 is 1.32 bits per heavy atom. The molecule has 5 nitrogen and oxygen atoms in total. The van der Waals surface area contributed by atoms with Crippen LogP contribution in [-0.4, -0.2) is 38.8 Å². The van der Waals surface area contributed by atoms with Gasteiger partial charge in [0.05, 0.1) is 7.11 Å². The van der Waals surface area contributed by atoms with Gasteiger partial charge in [-0.2, -0.15) is 16.8 Å². The van der Waals surface area contributed by atoms with E-state index in [-0.39, 0.29) is 0 Å². The average Bonchev–Trinajstić information content (AvgIpc) is 2.45. The van der Waals surface area contributed by atoms with E-state index in [0.29, 0.717) is 6.04 Å². The third-order valence-electron chi connectivity index (χ3n) is 2.82. The third kappa shape index (κ3) is 14.6. The first-order chi connectivity index (χ1) is 10.3. The van der Waals surface area contributed by atoms with Gasteiger partial charge < -0.3 is 10.1 Å². The van der Waals surface area contributed by atoms with Crippen molar-refractivity contribution in [2.45, 2.75) is 32.2 Å². The predicted molar refractivity (Wildman–Crippen MR) is 98.0 cm³/mol. The first kappa shape index (κ1) is 21.6. The Morgan fingerprint density at radius 2 is 1.86 bits per heavy atom. The number of benzene rings is 1. The van der Waals surface area contributed by atoms with Gasteiger partial charge >= 0.3 is 0 Å². The maximum absolute atomic E-state index is 9.11. The molecule has 1 aromatic rings. The number of unbranched alkanes of at least 4 members (excludes halogenated alkanes) is 1. The van der Waals surface area contributed by atoms with Gasteiger partial charge in [0.1, 0.15) is 5.75 Å². The van der Waals surface area contributed by atoms with Crippen molar-refractivity contribution in [3.05, 3.63) is 29.8 Å². The number of ether oxygens (including phenoxy) is 1. The van der Waals surface area contributed by atoms with Crippen LogP contribution in [0.3, 0.4) is 0 Å². The summed E-state index contributed by atoms with van der Waals surface area (Å²) in [6, 6.07) is 8.84. The third-order valence-corrected chi connectivity index (χ3v) is 3.37. The number of hydrogen-bond acceptors (Lipinski definition) is 5. The van der Waals surface area contributed by atoms with Gasteiger partial charge in [-0.1, -0.05) is 12.1 Å². The first-order valence-electron chi connectivity index (χ1n) is 6.93. The fraction of sp³-hybridized carbons (Fsp3) is 0.571. The van der Waals surface area contributed by atoms with Crippen molar-refractivity contribution in [1.82, 2.24) is 5.32 Å². The lowest BCUT2D eigenvalue weighted by Gasteiger charge is -2.10. The molecule has 0 bridgehead atoms. The second-order valence-corrected chi connectivity index (χ2v) is 7.35. The topological polar surface area (TPSA) is 78.8 Å². The molecule has 0 aliphatic heterocycles. The summed E-state index contributed by atoms with van der Waals surface area (Å²) in [5.74, 6) is 1.83. The van der Waals surface area contributed by atoms with Crippen LogP contribution in [0.1, 0.15) is 25.3 Å². The lowest BCUT2D eigenvalue weighted by atomic mass is 10.1. The van der Waals surface area contributed by atoms with Gasteiger partial charge in [0.15, 0.2) is 0 Å². The zero-order chi connectivity index (χ0) is 17.0. The molecule has 1 unspecified atom stereocenters. The van der Waals surface area contributed by atoms with Gasteiger partial charge in [-0.3, -0.25) is 9.11 Å². The fourth-order valence-corrected chi connectivity index (χ4v) is 1.79. The predicted octanol–water partition coefficient (Wildman–Crippen LogP) is 2.60. The first-order valence-corrected chi connectivity index (χ1v) is 9.96. The van der Waals surface area contributed by atoms with Gasteiger partial charge in [-0.15, -0.1) is 0 Å². The second kappa shape index (κ2) is 12.1. The second-order valence-electron chi connectivity index (χ2n) is 4.79. The van der Waals surface area contributed by atoms with Crippen molar-refractivity contribution in [3.63, 3.8) is 0 Å². The molecule has 3 N–H and O–H groups in total. The summed E-state index contributed by atoms with van der Waals surface area (Å²) in [7, 11) is -2.14. The Kier molecular flexibility index (Phi) is 11.9. The Morgan fingerprint density at radius 3 is 2.32 bits per heavy atom. The average molecular weight is 368 g/mol. The minimum atomic E-state index is -3.83. The zero-order valence-corrected chi connectivity index (χ0v) is 15.4. The molecule has 0 aromatic heterocycles.